The second kappa shape index (κ2) is 6.84. The summed E-state index contributed by atoms with van der Waals surface area (Å²) in [4.78, 5) is 22.1. The zero-order chi connectivity index (χ0) is 17.1. The van der Waals surface area contributed by atoms with E-state index in [1.54, 1.807) is 25.2 Å². The first-order valence-electron chi connectivity index (χ1n) is 7.52. The molecule has 6 heteroatoms. The largest absolute Gasteiger partial charge is 0.358 e. The van der Waals surface area contributed by atoms with Crippen molar-refractivity contribution in [1.82, 2.24) is 15.3 Å². The highest BCUT2D eigenvalue weighted by Crippen LogP contribution is 2.29. The normalized spacial score (nSPS) is 10.6. The van der Waals surface area contributed by atoms with Crippen molar-refractivity contribution < 1.29 is 4.79 Å². The number of fused-ring (bicyclic) bond motifs is 1. The molecule has 0 aliphatic heterocycles. The summed E-state index contributed by atoms with van der Waals surface area (Å²) in [5, 5.41) is 4.22. The highest BCUT2D eigenvalue weighted by Gasteiger charge is 2.10. The molecule has 0 aliphatic rings. The van der Waals surface area contributed by atoms with Crippen LogP contribution in [-0.2, 0) is 4.79 Å². The molecule has 2 aromatic carbocycles. The number of likely N-dealkylation sites (N-methyl/N-ethyl adjacent to an activating group) is 2. The van der Waals surface area contributed by atoms with Crippen LogP contribution in [0, 0.1) is 0 Å². The molecule has 0 aliphatic carbocycles. The zero-order valence-electron chi connectivity index (χ0n) is 13.5. The number of aromatic nitrogens is 2. The fourth-order valence-corrected chi connectivity index (χ4v) is 2.67. The van der Waals surface area contributed by atoms with Gasteiger partial charge in [0.15, 0.2) is 0 Å². The Bertz CT molecular complexity index is 897. The van der Waals surface area contributed by atoms with Crippen molar-refractivity contribution in [2.24, 2.45) is 0 Å². The number of rotatable bonds is 4. The minimum Gasteiger partial charge on any atom is -0.358 e. The third-order valence-corrected chi connectivity index (χ3v) is 4.09. The fourth-order valence-electron chi connectivity index (χ4n) is 2.43. The molecule has 122 valence electrons. The van der Waals surface area contributed by atoms with Gasteiger partial charge >= 0.3 is 0 Å². The van der Waals surface area contributed by atoms with Gasteiger partial charge in [-0.25, -0.2) is 9.97 Å². The van der Waals surface area contributed by atoms with Crippen LogP contribution in [0.1, 0.15) is 0 Å². The molecule has 0 saturated carbocycles. The second-order valence-electron chi connectivity index (χ2n) is 5.45. The predicted octanol–water partition coefficient (Wildman–Crippen LogP) is 3.13. The smallest absolute Gasteiger partial charge is 0.239 e. The number of anilines is 1. The van der Waals surface area contributed by atoms with Crippen molar-refractivity contribution in [1.29, 1.82) is 0 Å². The van der Waals surface area contributed by atoms with Gasteiger partial charge in [0.05, 0.1) is 12.1 Å². The maximum atomic E-state index is 11.5. The van der Waals surface area contributed by atoms with Crippen LogP contribution in [0.5, 0.6) is 0 Å². The molecule has 1 heterocycles. The van der Waals surface area contributed by atoms with E-state index in [0.29, 0.717) is 11.0 Å². The SMILES string of the molecule is CNC(=O)CN(C)c1ncc2ccc(-c3ccccc3Cl)cc2n1. The van der Waals surface area contributed by atoms with Crippen molar-refractivity contribution in [3.05, 3.63) is 53.7 Å². The lowest BCUT2D eigenvalue weighted by atomic mass is 10.0. The van der Waals surface area contributed by atoms with Crippen molar-refractivity contribution in [3.63, 3.8) is 0 Å². The zero-order valence-corrected chi connectivity index (χ0v) is 14.2. The summed E-state index contributed by atoms with van der Waals surface area (Å²) in [6, 6.07) is 13.6. The Hall–Kier alpha value is -2.66. The first-order valence-corrected chi connectivity index (χ1v) is 7.89. The van der Waals surface area contributed by atoms with E-state index < -0.39 is 0 Å². The van der Waals surface area contributed by atoms with E-state index in [1.807, 2.05) is 42.5 Å². The molecule has 0 fully saturated rings. The molecule has 0 spiro atoms. The van der Waals surface area contributed by atoms with Crippen molar-refractivity contribution in [2.75, 3.05) is 25.5 Å². The van der Waals surface area contributed by atoms with Gasteiger partial charge in [-0.05, 0) is 17.7 Å². The second-order valence-corrected chi connectivity index (χ2v) is 5.86. The highest BCUT2D eigenvalue weighted by molar-refractivity contribution is 6.33. The summed E-state index contributed by atoms with van der Waals surface area (Å²) in [5.74, 6) is 0.411. The molecule has 1 amide bonds. The van der Waals surface area contributed by atoms with Crippen LogP contribution < -0.4 is 10.2 Å². The van der Waals surface area contributed by atoms with Crippen LogP contribution in [0.2, 0.25) is 5.02 Å². The summed E-state index contributed by atoms with van der Waals surface area (Å²) >= 11 is 6.28. The van der Waals surface area contributed by atoms with Crippen molar-refractivity contribution in [3.8, 4) is 11.1 Å². The van der Waals surface area contributed by atoms with Crippen LogP contribution in [0.25, 0.3) is 22.0 Å². The lowest BCUT2D eigenvalue weighted by molar-refractivity contribution is -0.119. The van der Waals surface area contributed by atoms with Gasteiger partial charge < -0.3 is 10.2 Å². The Labute approximate surface area is 145 Å². The molecule has 0 unspecified atom stereocenters. The van der Waals surface area contributed by atoms with Crippen LogP contribution in [0.4, 0.5) is 5.95 Å². The minimum absolute atomic E-state index is 0.0917. The number of halogens is 1. The maximum Gasteiger partial charge on any atom is 0.239 e. The van der Waals surface area contributed by atoms with E-state index in [1.165, 1.54) is 0 Å². The van der Waals surface area contributed by atoms with E-state index in [-0.39, 0.29) is 12.5 Å². The number of hydrogen-bond acceptors (Lipinski definition) is 4. The number of carbonyl (C=O) groups excluding carboxylic acids is 1. The third-order valence-electron chi connectivity index (χ3n) is 3.76. The number of benzene rings is 2. The van der Waals surface area contributed by atoms with Gasteiger partial charge in [-0.2, -0.15) is 0 Å². The molecule has 3 aromatic rings. The maximum absolute atomic E-state index is 11.5. The predicted molar refractivity (Wildman–Crippen MR) is 97.3 cm³/mol. The van der Waals surface area contributed by atoms with Gasteiger partial charge in [-0.3, -0.25) is 4.79 Å². The van der Waals surface area contributed by atoms with Gasteiger partial charge in [0, 0.05) is 36.3 Å². The van der Waals surface area contributed by atoms with E-state index in [4.69, 9.17) is 11.6 Å². The Kier molecular flexibility index (Phi) is 4.62. The molecule has 5 nitrogen and oxygen atoms in total. The van der Waals surface area contributed by atoms with Gasteiger partial charge in [-0.15, -0.1) is 0 Å². The van der Waals surface area contributed by atoms with Gasteiger partial charge in [-0.1, -0.05) is 41.9 Å². The van der Waals surface area contributed by atoms with Gasteiger partial charge in [0.25, 0.3) is 0 Å². The Morgan fingerprint density at radius 2 is 2.04 bits per heavy atom. The molecule has 0 atom stereocenters. The first kappa shape index (κ1) is 16.2. The van der Waals surface area contributed by atoms with E-state index in [2.05, 4.69) is 15.3 Å². The Morgan fingerprint density at radius 3 is 2.79 bits per heavy atom. The molecule has 3 rings (SSSR count). The van der Waals surface area contributed by atoms with Gasteiger partial charge in [0.1, 0.15) is 0 Å². The molecule has 0 bridgehead atoms. The number of nitrogens with one attached hydrogen (secondary N) is 1. The number of hydrogen-bond donors (Lipinski definition) is 1. The molecule has 1 aromatic heterocycles. The summed E-state index contributed by atoms with van der Waals surface area (Å²) in [6.45, 7) is 0.201. The molecule has 1 N–H and O–H groups in total. The topological polar surface area (TPSA) is 58.1 Å². The standard InChI is InChI=1S/C18H17ClN4O/c1-20-17(24)11-23(2)18-21-10-13-8-7-12(9-16(13)22-18)14-5-3-4-6-15(14)19/h3-10H,11H2,1-2H3,(H,20,24). The lowest BCUT2D eigenvalue weighted by Gasteiger charge is -2.16. The molecular formula is C18H17ClN4O. The van der Waals surface area contributed by atoms with Crippen LogP contribution in [0.3, 0.4) is 0 Å². The van der Waals surface area contributed by atoms with E-state index in [9.17, 15) is 4.79 Å². The van der Waals surface area contributed by atoms with Gasteiger partial charge in [0.2, 0.25) is 11.9 Å². The highest BCUT2D eigenvalue weighted by atomic mass is 35.5. The Morgan fingerprint density at radius 1 is 1.25 bits per heavy atom. The Balaban J connectivity index is 1.99. The van der Waals surface area contributed by atoms with E-state index >= 15 is 0 Å². The summed E-state index contributed by atoms with van der Waals surface area (Å²) in [5.41, 5.74) is 2.76. The average molecular weight is 341 g/mol. The molecule has 24 heavy (non-hydrogen) atoms. The van der Waals surface area contributed by atoms with Crippen molar-refractivity contribution >= 4 is 34.4 Å². The molecule has 0 radical (unpaired) electrons. The number of nitrogens with zero attached hydrogens (tertiary/aromatic N) is 3. The lowest BCUT2D eigenvalue weighted by Crippen LogP contribution is -2.33. The van der Waals surface area contributed by atoms with Crippen LogP contribution >= 0.6 is 11.6 Å². The summed E-state index contributed by atoms with van der Waals surface area (Å²) in [7, 11) is 3.39. The third kappa shape index (κ3) is 3.31. The fraction of sp³-hybridized carbons (Fsp3) is 0.167. The molecule has 0 saturated heterocycles. The van der Waals surface area contributed by atoms with Crippen molar-refractivity contribution in [2.45, 2.75) is 0 Å². The van der Waals surface area contributed by atoms with Crippen LogP contribution in [-0.4, -0.2) is 36.5 Å². The molecular weight excluding hydrogens is 324 g/mol. The first-order chi connectivity index (χ1) is 11.6. The van der Waals surface area contributed by atoms with Crippen LogP contribution in [0.15, 0.2) is 48.7 Å². The number of amides is 1. The summed E-state index contributed by atoms with van der Waals surface area (Å²) in [6.07, 6.45) is 1.76. The minimum atomic E-state index is -0.0917. The summed E-state index contributed by atoms with van der Waals surface area (Å²) < 4.78 is 0. The average Bonchev–Trinajstić information content (AvgIpc) is 2.61. The number of carbonyl (C=O) groups is 1. The monoisotopic (exact) mass is 340 g/mol. The van der Waals surface area contributed by atoms with E-state index in [0.717, 1.165) is 22.0 Å². The quantitative estimate of drug-likeness (QED) is 0.792.